The molecule has 0 aliphatic heterocycles. The standard InChI is InChI=1S/C14H16FN5OS/c1-4-20-13(11(15)8(2)18-20)14-17-12(10(7-21)22-14)9-5-16-19(3)6-9/h5-6,21H,4,7H2,1-3H3. The Morgan fingerprint density at radius 2 is 2.18 bits per heavy atom. The average molecular weight is 321 g/mol. The van der Waals surface area contributed by atoms with Gasteiger partial charge in [0, 0.05) is 25.4 Å². The Morgan fingerprint density at radius 3 is 2.77 bits per heavy atom. The first-order valence-electron chi connectivity index (χ1n) is 6.88. The van der Waals surface area contributed by atoms with E-state index in [2.05, 4.69) is 15.2 Å². The van der Waals surface area contributed by atoms with Gasteiger partial charge in [-0.15, -0.1) is 11.3 Å². The summed E-state index contributed by atoms with van der Waals surface area (Å²) in [7, 11) is 1.81. The maximum atomic E-state index is 14.4. The molecule has 0 spiro atoms. The molecule has 3 heterocycles. The molecule has 0 bridgehead atoms. The lowest BCUT2D eigenvalue weighted by Crippen LogP contribution is -1.99. The molecule has 0 fully saturated rings. The van der Waals surface area contributed by atoms with Gasteiger partial charge in [0.2, 0.25) is 0 Å². The second-order valence-electron chi connectivity index (χ2n) is 4.92. The maximum Gasteiger partial charge on any atom is 0.174 e. The number of aryl methyl sites for hydroxylation is 3. The highest BCUT2D eigenvalue weighted by Crippen LogP contribution is 2.35. The zero-order valence-electron chi connectivity index (χ0n) is 12.5. The molecule has 0 saturated carbocycles. The van der Waals surface area contributed by atoms with Crippen LogP contribution in [-0.2, 0) is 20.2 Å². The summed E-state index contributed by atoms with van der Waals surface area (Å²) < 4.78 is 17.6. The first kappa shape index (κ1) is 14.9. The van der Waals surface area contributed by atoms with Crippen molar-refractivity contribution in [3.05, 3.63) is 28.8 Å². The van der Waals surface area contributed by atoms with Crippen LogP contribution in [0.2, 0.25) is 0 Å². The van der Waals surface area contributed by atoms with Crippen LogP contribution in [0.1, 0.15) is 17.5 Å². The van der Waals surface area contributed by atoms with Crippen LogP contribution in [0.4, 0.5) is 4.39 Å². The molecule has 0 aliphatic rings. The van der Waals surface area contributed by atoms with Crippen LogP contribution in [0.25, 0.3) is 22.0 Å². The molecule has 0 amide bonds. The molecular weight excluding hydrogens is 305 g/mol. The minimum atomic E-state index is -0.363. The lowest BCUT2D eigenvalue weighted by molar-refractivity contribution is 0.286. The number of thiazole rings is 1. The Morgan fingerprint density at radius 1 is 1.41 bits per heavy atom. The van der Waals surface area contributed by atoms with Gasteiger partial charge in [0.05, 0.1) is 29.1 Å². The van der Waals surface area contributed by atoms with E-state index < -0.39 is 0 Å². The summed E-state index contributed by atoms with van der Waals surface area (Å²) in [6, 6.07) is 0. The summed E-state index contributed by atoms with van der Waals surface area (Å²) in [6.45, 7) is 3.94. The normalized spacial score (nSPS) is 11.3. The molecular formula is C14H16FN5OS. The Kier molecular flexibility index (Phi) is 3.79. The number of hydrogen-bond donors (Lipinski definition) is 1. The van der Waals surface area contributed by atoms with Gasteiger partial charge in [-0.3, -0.25) is 9.36 Å². The molecule has 6 nitrogen and oxygen atoms in total. The van der Waals surface area contributed by atoms with E-state index >= 15 is 0 Å². The van der Waals surface area contributed by atoms with Crippen LogP contribution in [0, 0.1) is 12.7 Å². The molecule has 0 aromatic carbocycles. The van der Waals surface area contributed by atoms with Gasteiger partial charge in [-0.2, -0.15) is 10.2 Å². The average Bonchev–Trinajstić information content (AvgIpc) is 3.17. The zero-order valence-corrected chi connectivity index (χ0v) is 13.4. The van der Waals surface area contributed by atoms with E-state index in [4.69, 9.17) is 0 Å². The van der Waals surface area contributed by atoms with Gasteiger partial charge in [0.1, 0.15) is 10.7 Å². The summed E-state index contributed by atoms with van der Waals surface area (Å²) in [5.74, 6) is -0.363. The SMILES string of the molecule is CCn1nc(C)c(F)c1-c1nc(-c2cnn(C)c2)c(CO)s1. The monoisotopic (exact) mass is 321 g/mol. The summed E-state index contributed by atoms with van der Waals surface area (Å²) >= 11 is 1.27. The fourth-order valence-electron chi connectivity index (χ4n) is 2.32. The van der Waals surface area contributed by atoms with E-state index in [1.165, 1.54) is 11.3 Å². The van der Waals surface area contributed by atoms with Crippen molar-refractivity contribution in [1.82, 2.24) is 24.5 Å². The van der Waals surface area contributed by atoms with Crippen LogP contribution < -0.4 is 0 Å². The first-order chi connectivity index (χ1) is 10.5. The zero-order chi connectivity index (χ0) is 15.9. The summed E-state index contributed by atoms with van der Waals surface area (Å²) in [6.07, 6.45) is 3.49. The molecule has 116 valence electrons. The largest absolute Gasteiger partial charge is 0.391 e. The van der Waals surface area contributed by atoms with Crippen molar-refractivity contribution in [2.24, 2.45) is 7.05 Å². The number of aliphatic hydroxyl groups excluding tert-OH is 1. The number of hydrogen-bond acceptors (Lipinski definition) is 5. The lowest BCUT2D eigenvalue weighted by atomic mass is 10.2. The van der Waals surface area contributed by atoms with Crippen LogP contribution >= 0.6 is 11.3 Å². The molecule has 22 heavy (non-hydrogen) atoms. The number of rotatable bonds is 4. The fourth-order valence-corrected chi connectivity index (χ4v) is 3.31. The van der Waals surface area contributed by atoms with Gasteiger partial charge in [-0.05, 0) is 13.8 Å². The molecule has 0 radical (unpaired) electrons. The molecule has 0 unspecified atom stereocenters. The molecule has 0 atom stereocenters. The number of aliphatic hydroxyl groups is 1. The number of nitrogens with zero attached hydrogens (tertiary/aromatic N) is 5. The Hall–Kier alpha value is -2.06. The molecule has 8 heteroatoms. The quantitative estimate of drug-likeness (QED) is 0.801. The number of aromatic nitrogens is 5. The smallest absolute Gasteiger partial charge is 0.174 e. The van der Waals surface area contributed by atoms with Crippen LogP contribution in [0.15, 0.2) is 12.4 Å². The van der Waals surface area contributed by atoms with Gasteiger partial charge < -0.3 is 5.11 Å². The van der Waals surface area contributed by atoms with E-state index in [-0.39, 0.29) is 12.4 Å². The molecule has 3 aromatic heterocycles. The molecule has 3 aromatic rings. The van der Waals surface area contributed by atoms with Crippen molar-refractivity contribution in [2.45, 2.75) is 27.0 Å². The Labute approximate surface area is 130 Å². The number of halogens is 1. The van der Waals surface area contributed by atoms with E-state index in [0.717, 1.165) is 5.56 Å². The lowest BCUT2D eigenvalue weighted by Gasteiger charge is -2.00. The minimum Gasteiger partial charge on any atom is -0.391 e. The molecule has 3 rings (SSSR count). The molecule has 0 saturated heterocycles. The van der Waals surface area contributed by atoms with E-state index in [1.807, 2.05) is 20.2 Å². The van der Waals surface area contributed by atoms with Crippen molar-refractivity contribution >= 4 is 11.3 Å². The van der Waals surface area contributed by atoms with E-state index in [1.54, 1.807) is 22.5 Å². The third-order valence-electron chi connectivity index (χ3n) is 3.38. The highest BCUT2D eigenvalue weighted by molar-refractivity contribution is 7.15. The Bertz CT molecular complexity index is 819. The van der Waals surface area contributed by atoms with Crippen LogP contribution in [0.5, 0.6) is 0 Å². The van der Waals surface area contributed by atoms with E-state index in [0.29, 0.717) is 33.5 Å². The van der Waals surface area contributed by atoms with Gasteiger partial charge in [0.15, 0.2) is 5.82 Å². The van der Waals surface area contributed by atoms with Crippen molar-refractivity contribution in [1.29, 1.82) is 0 Å². The predicted molar refractivity (Wildman–Crippen MR) is 81.8 cm³/mol. The van der Waals surface area contributed by atoms with E-state index in [9.17, 15) is 9.50 Å². The minimum absolute atomic E-state index is 0.150. The summed E-state index contributed by atoms with van der Waals surface area (Å²) in [5, 5.41) is 18.4. The maximum absolute atomic E-state index is 14.4. The molecule has 1 N–H and O–H groups in total. The summed E-state index contributed by atoms with van der Waals surface area (Å²) in [4.78, 5) is 5.21. The van der Waals surface area contributed by atoms with Crippen molar-refractivity contribution < 1.29 is 9.50 Å². The van der Waals surface area contributed by atoms with Crippen molar-refractivity contribution in [2.75, 3.05) is 0 Å². The van der Waals surface area contributed by atoms with Gasteiger partial charge >= 0.3 is 0 Å². The van der Waals surface area contributed by atoms with Crippen molar-refractivity contribution in [3.63, 3.8) is 0 Å². The van der Waals surface area contributed by atoms with Crippen LogP contribution in [0.3, 0.4) is 0 Å². The predicted octanol–water partition coefficient (Wildman–Crippen LogP) is 2.37. The highest BCUT2D eigenvalue weighted by atomic mass is 32.1. The highest BCUT2D eigenvalue weighted by Gasteiger charge is 2.22. The van der Waals surface area contributed by atoms with Gasteiger partial charge in [-0.25, -0.2) is 9.37 Å². The third-order valence-corrected chi connectivity index (χ3v) is 4.42. The molecule has 0 aliphatic carbocycles. The van der Waals surface area contributed by atoms with Gasteiger partial charge in [0.25, 0.3) is 0 Å². The second-order valence-corrected chi connectivity index (χ2v) is 6.00. The van der Waals surface area contributed by atoms with Gasteiger partial charge in [-0.1, -0.05) is 0 Å². The van der Waals surface area contributed by atoms with Crippen LogP contribution in [-0.4, -0.2) is 29.7 Å². The Balaban J connectivity index is 2.16. The third kappa shape index (κ3) is 2.34. The summed E-state index contributed by atoms with van der Waals surface area (Å²) in [5.41, 5.74) is 2.15. The topological polar surface area (TPSA) is 68.8 Å². The second kappa shape index (κ2) is 5.62. The van der Waals surface area contributed by atoms with Crippen molar-refractivity contribution in [3.8, 4) is 22.0 Å². The first-order valence-corrected chi connectivity index (χ1v) is 7.69. The fraction of sp³-hybridized carbons (Fsp3) is 0.357.